The van der Waals surface area contributed by atoms with E-state index in [1.54, 1.807) is 6.92 Å². The first-order valence-electron chi connectivity index (χ1n) is 10.4. The van der Waals surface area contributed by atoms with Crippen molar-refractivity contribution in [2.45, 2.75) is 53.5 Å². The molecular formula is C22H25N3O4S2. The van der Waals surface area contributed by atoms with Gasteiger partial charge >= 0.3 is 5.97 Å². The van der Waals surface area contributed by atoms with Crippen LogP contribution in [-0.4, -0.2) is 28.0 Å². The molecule has 164 valence electrons. The summed E-state index contributed by atoms with van der Waals surface area (Å²) in [5, 5.41) is 3.93. The minimum absolute atomic E-state index is 0.169. The highest BCUT2D eigenvalue weighted by molar-refractivity contribution is 7.18. The van der Waals surface area contributed by atoms with E-state index in [1.165, 1.54) is 33.6 Å². The number of amides is 1. The molecule has 3 aromatic rings. The van der Waals surface area contributed by atoms with E-state index in [-0.39, 0.29) is 24.6 Å². The van der Waals surface area contributed by atoms with Crippen molar-refractivity contribution in [2.24, 2.45) is 5.92 Å². The molecule has 7 nitrogen and oxygen atoms in total. The summed E-state index contributed by atoms with van der Waals surface area (Å²) in [5.41, 5.74) is 2.12. The molecular weight excluding hydrogens is 434 g/mol. The van der Waals surface area contributed by atoms with Gasteiger partial charge in [0.25, 0.3) is 5.56 Å². The number of carbonyl (C=O) groups is 2. The Morgan fingerprint density at radius 3 is 2.84 bits per heavy atom. The fraction of sp³-hybridized carbons (Fsp3) is 0.455. The predicted molar refractivity (Wildman–Crippen MR) is 123 cm³/mol. The summed E-state index contributed by atoms with van der Waals surface area (Å²) in [6, 6.07) is 0. The number of aromatic nitrogens is 2. The van der Waals surface area contributed by atoms with Gasteiger partial charge in [0.05, 0.1) is 23.9 Å². The Morgan fingerprint density at radius 2 is 2.10 bits per heavy atom. The number of ether oxygens (including phenoxy) is 1. The van der Waals surface area contributed by atoms with Crippen LogP contribution in [0.1, 0.15) is 51.5 Å². The Morgan fingerprint density at radius 1 is 1.32 bits per heavy atom. The van der Waals surface area contributed by atoms with Crippen LogP contribution in [-0.2, 0) is 28.9 Å². The molecule has 1 amide bonds. The second-order valence-electron chi connectivity index (χ2n) is 7.97. The largest absolute Gasteiger partial charge is 0.462 e. The summed E-state index contributed by atoms with van der Waals surface area (Å²) < 4.78 is 6.57. The van der Waals surface area contributed by atoms with Gasteiger partial charge in [0.2, 0.25) is 5.91 Å². The molecule has 1 N–H and O–H groups in total. The van der Waals surface area contributed by atoms with Gasteiger partial charge in [-0.1, -0.05) is 6.92 Å². The fourth-order valence-electron chi connectivity index (χ4n) is 3.96. The van der Waals surface area contributed by atoms with E-state index < -0.39 is 5.97 Å². The van der Waals surface area contributed by atoms with E-state index >= 15 is 0 Å². The predicted octanol–water partition coefficient (Wildman–Crippen LogP) is 4.08. The Labute approximate surface area is 188 Å². The van der Waals surface area contributed by atoms with E-state index in [9.17, 15) is 14.4 Å². The molecule has 1 unspecified atom stereocenters. The fourth-order valence-corrected chi connectivity index (χ4v) is 6.36. The van der Waals surface area contributed by atoms with E-state index in [4.69, 9.17) is 4.74 Å². The molecule has 4 rings (SSSR count). The first-order valence-corrected chi connectivity index (χ1v) is 12.0. The number of anilines is 1. The van der Waals surface area contributed by atoms with Crippen molar-refractivity contribution in [3.05, 3.63) is 43.1 Å². The monoisotopic (exact) mass is 459 g/mol. The molecule has 0 aromatic carbocycles. The number of nitrogens with zero attached hydrogens (tertiary/aromatic N) is 2. The molecule has 0 bridgehead atoms. The number of fused-ring (bicyclic) bond motifs is 2. The van der Waals surface area contributed by atoms with E-state index in [2.05, 4.69) is 17.2 Å². The van der Waals surface area contributed by atoms with Gasteiger partial charge in [-0.3, -0.25) is 14.2 Å². The van der Waals surface area contributed by atoms with Gasteiger partial charge in [-0.15, -0.1) is 22.7 Å². The van der Waals surface area contributed by atoms with Crippen molar-refractivity contribution >= 4 is 49.8 Å². The van der Waals surface area contributed by atoms with Crippen LogP contribution in [0.3, 0.4) is 0 Å². The Balaban J connectivity index is 1.62. The van der Waals surface area contributed by atoms with Crippen molar-refractivity contribution in [1.29, 1.82) is 0 Å². The molecule has 1 atom stereocenters. The molecule has 1 aliphatic carbocycles. The highest BCUT2D eigenvalue weighted by atomic mass is 32.1. The minimum atomic E-state index is -0.408. The van der Waals surface area contributed by atoms with Crippen LogP contribution in [0.15, 0.2) is 11.1 Å². The SMILES string of the molecule is CCOC(=O)c1c(NC(=O)Cn2cnc3sc(C)c(C)c3c2=O)sc2c1CCC(C)C2. The summed E-state index contributed by atoms with van der Waals surface area (Å²) in [6.07, 6.45) is 4.10. The number of aryl methyl sites for hydroxylation is 2. The van der Waals surface area contributed by atoms with Gasteiger partial charge in [-0.25, -0.2) is 9.78 Å². The molecule has 0 spiro atoms. The smallest absolute Gasteiger partial charge is 0.341 e. The van der Waals surface area contributed by atoms with Crippen molar-refractivity contribution in [1.82, 2.24) is 9.55 Å². The van der Waals surface area contributed by atoms with Gasteiger partial charge in [-0.05, 0) is 57.1 Å². The van der Waals surface area contributed by atoms with Crippen molar-refractivity contribution in [3.8, 4) is 0 Å². The molecule has 0 fully saturated rings. The number of hydrogen-bond donors (Lipinski definition) is 1. The maximum absolute atomic E-state index is 12.9. The first-order chi connectivity index (χ1) is 14.8. The van der Waals surface area contributed by atoms with E-state index in [0.717, 1.165) is 40.1 Å². The topological polar surface area (TPSA) is 90.3 Å². The van der Waals surface area contributed by atoms with Crippen LogP contribution in [0.2, 0.25) is 0 Å². The second-order valence-corrected chi connectivity index (χ2v) is 10.3. The summed E-state index contributed by atoms with van der Waals surface area (Å²) in [4.78, 5) is 45.5. The number of nitrogens with one attached hydrogen (secondary N) is 1. The molecule has 0 saturated heterocycles. The zero-order chi connectivity index (χ0) is 22.3. The molecule has 9 heteroatoms. The quantitative estimate of drug-likeness (QED) is 0.581. The lowest BCUT2D eigenvalue weighted by Gasteiger charge is -2.18. The van der Waals surface area contributed by atoms with Crippen molar-refractivity contribution in [2.75, 3.05) is 11.9 Å². The third-order valence-electron chi connectivity index (χ3n) is 5.71. The number of rotatable bonds is 5. The summed E-state index contributed by atoms with van der Waals surface area (Å²) in [6.45, 7) is 7.90. The zero-order valence-electron chi connectivity index (χ0n) is 18.0. The highest BCUT2D eigenvalue weighted by Crippen LogP contribution is 2.40. The Hall–Kier alpha value is -2.52. The average molecular weight is 460 g/mol. The molecule has 3 heterocycles. The van der Waals surface area contributed by atoms with Crippen molar-refractivity contribution < 1.29 is 14.3 Å². The molecule has 0 aliphatic heterocycles. The number of carbonyl (C=O) groups excluding carboxylic acids is 2. The van der Waals surface area contributed by atoms with Gasteiger partial charge in [-0.2, -0.15) is 0 Å². The van der Waals surface area contributed by atoms with Crippen molar-refractivity contribution in [3.63, 3.8) is 0 Å². The third-order valence-corrected chi connectivity index (χ3v) is 8.00. The van der Waals surface area contributed by atoms with Gasteiger partial charge in [0.15, 0.2) is 0 Å². The second kappa shape index (κ2) is 8.55. The van der Waals surface area contributed by atoms with Crippen LogP contribution in [0.5, 0.6) is 0 Å². The van der Waals surface area contributed by atoms with Gasteiger partial charge < -0.3 is 10.1 Å². The standard InChI is InChI=1S/C22H25N3O4S2/c1-5-29-22(28)18-14-7-6-11(2)8-15(14)31-20(18)24-16(26)9-25-10-23-19-17(21(25)27)12(3)13(4)30-19/h10-11H,5-9H2,1-4H3,(H,24,26). The number of thiophene rings is 2. The Kier molecular flexibility index (Phi) is 5.98. The van der Waals surface area contributed by atoms with Crippen LogP contribution in [0.25, 0.3) is 10.2 Å². The number of hydrogen-bond acceptors (Lipinski definition) is 7. The Bertz CT molecular complexity index is 1240. The summed E-state index contributed by atoms with van der Waals surface area (Å²) in [7, 11) is 0. The molecule has 0 radical (unpaired) electrons. The first kappa shape index (κ1) is 21.7. The van der Waals surface area contributed by atoms with E-state index in [0.29, 0.717) is 26.7 Å². The molecule has 3 aromatic heterocycles. The van der Waals surface area contributed by atoms with Crippen LogP contribution < -0.4 is 10.9 Å². The lowest BCUT2D eigenvalue weighted by molar-refractivity contribution is -0.116. The van der Waals surface area contributed by atoms with E-state index in [1.807, 2.05) is 13.8 Å². The lowest BCUT2D eigenvalue weighted by Crippen LogP contribution is -2.28. The van der Waals surface area contributed by atoms with Gasteiger partial charge in [0, 0.05) is 9.75 Å². The lowest BCUT2D eigenvalue weighted by atomic mass is 9.88. The van der Waals surface area contributed by atoms with Crippen LogP contribution in [0.4, 0.5) is 5.00 Å². The average Bonchev–Trinajstić information content (AvgIpc) is 3.20. The zero-order valence-corrected chi connectivity index (χ0v) is 19.7. The summed E-state index contributed by atoms with van der Waals surface area (Å²) in [5.74, 6) is -0.238. The maximum Gasteiger partial charge on any atom is 0.341 e. The minimum Gasteiger partial charge on any atom is -0.462 e. The highest BCUT2D eigenvalue weighted by Gasteiger charge is 2.29. The third kappa shape index (κ3) is 4.04. The van der Waals surface area contributed by atoms with Gasteiger partial charge in [0.1, 0.15) is 16.4 Å². The molecule has 0 saturated carbocycles. The molecule has 1 aliphatic rings. The maximum atomic E-state index is 12.9. The molecule has 31 heavy (non-hydrogen) atoms. The van der Waals surface area contributed by atoms with Crippen LogP contribution >= 0.6 is 22.7 Å². The normalized spacial score (nSPS) is 15.7. The number of esters is 1. The summed E-state index contributed by atoms with van der Waals surface area (Å²) >= 11 is 2.91. The van der Waals surface area contributed by atoms with Crippen LogP contribution in [0, 0.1) is 19.8 Å².